The molecule has 10 heteroatoms. The largest absolute Gasteiger partial charge is 0.379 e. The Hall–Kier alpha value is -2.66. The molecule has 0 aliphatic carbocycles. The number of aryl methyl sites for hydroxylation is 2. The van der Waals surface area contributed by atoms with E-state index in [4.69, 9.17) is 4.74 Å². The highest BCUT2D eigenvalue weighted by molar-refractivity contribution is 7.89. The molecule has 1 aromatic heterocycles. The standard InChI is InChI=1S/C22H22FN3O4S2/c1-14-3-4-15(2)17(11-14)19-13-31-22(24-19)25-21(27)16-5-6-18(23)20(12-16)32(28,29)26-7-9-30-10-8-26/h3-6,11-13H,7-10H2,1-2H3,(H,24,25,27). The van der Waals surface area contributed by atoms with E-state index in [-0.39, 0.29) is 31.9 Å². The molecule has 168 valence electrons. The molecule has 32 heavy (non-hydrogen) atoms. The number of aromatic nitrogens is 1. The van der Waals surface area contributed by atoms with Crippen LogP contribution in [-0.4, -0.2) is 49.9 Å². The number of hydrogen-bond donors (Lipinski definition) is 1. The first-order chi connectivity index (χ1) is 15.3. The molecule has 0 unspecified atom stereocenters. The highest BCUT2D eigenvalue weighted by Gasteiger charge is 2.30. The summed E-state index contributed by atoms with van der Waals surface area (Å²) >= 11 is 1.26. The van der Waals surface area contributed by atoms with Gasteiger partial charge in [-0.2, -0.15) is 4.31 Å². The minimum absolute atomic E-state index is 0.0294. The van der Waals surface area contributed by atoms with E-state index in [0.717, 1.165) is 38.8 Å². The number of thiazole rings is 1. The van der Waals surface area contributed by atoms with Crippen LogP contribution in [0.4, 0.5) is 9.52 Å². The summed E-state index contributed by atoms with van der Waals surface area (Å²) in [5, 5.41) is 4.89. The van der Waals surface area contributed by atoms with Gasteiger partial charge in [0.15, 0.2) is 5.13 Å². The number of hydrogen-bond acceptors (Lipinski definition) is 6. The van der Waals surface area contributed by atoms with Gasteiger partial charge in [-0.05, 0) is 43.7 Å². The number of rotatable bonds is 5. The molecule has 1 amide bonds. The van der Waals surface area contributed by atoms with Crippen molar-refractivity contribution in [1.29, 1.82) is 0 Å². The van der Waals surface area contributed by atoms with Gasteiger partial charge in [0.05, 0.1) is 18.9 Å². The molecule has 1 saturated heterocycles. The molecule has 0 bridgehead atoms. The molecule has 2 heterocycles. The number of ether oxygens (including phenoxy) is 1. The van der Waals surface area contributed by atoms with E-state index >= 15 is 0 Å². The van der Waals surface area contributed by atoms with Gasteiger partial charge in [-0.15, -0.1) is 11.3 Å². The lowest BCUT2D eigenvalue weighted by Crippen LogP contribution is -2.41. The van der Waals surface area contributed by atoms with E-state index in [1.807, 2.05) is 37.4 Å². The maximum atomic E-state index is 14.4. The van der Waals surface area contributed by atoms with E-state index in [2.05, 4.69) is 10.3 Å². The average Bonchev–Trinajstić information content (AvgIpc) is 3.24. The van der Waals surface area contributed by atoms with Crippen molar-refractivity contribution in [3.05, 3.63) is 64.3 Å². The van der Waals surface area contributed by atoms with Crippen LogP contribution in [-0.2, 0) is 14.8 Å². The smallest absolute Gasteiger partial charge is 0.257 e. The van der Waals surface area contributed by atoms with Crippen LogP contribution in [0, 0.1) is 19.7 Å². The first-order valence-electron chi connectivity index (χ1n) is 9.97. The fourth-order valence-corrected chi connectivity index (χ4v) is 5.61. The molecule has 0 radical (unpaired) electrons. The minimum atomic E-state index is -4.08. The van der Waals surface area contributed by atoms with Crippen molar-refractivity contribution < 1.29 is 22.3 Å². The van der Waals surface area contributed by atoms with E-state index < -0.39 is 26.6 Å². The van der Waals surface area contributed by atoms with Crippen molar-refractivity contribution in [2.24, 2.45) is 0 Å². The zero-order valence-corrected chi connectivity index (χ0v) is 19.2. The van der Waals surface area contributed by atoms with Crippen LogP contribution in [0.15, 0.2) is 46.7 Å². The van der Waals surface area contributed by atoms with E-state index in [1.165, 1.54) is 17.4 Å². The molecule has 0 saturated carbocycles. The van der Waals surface area contributed by atoms with E-state index in [1.54, 1.807) is 0 Å². The summed E-state index contributed by atoms with van der Waals surface area (Å²) in [6.07, 6.45) is 0. The topological polar surface area (TPSA) is 88.6 Å². The number of carbonyl (C=O) groups is 1. The van der Waals surface area contributed by atoms with Crippen LogP contribution >= 0.6 is 11.3 Å². The Morgan fingerprint density at radius 1 is 1.16 bits per heavy atom. The molecule has 1 aliphatic rings. The van der Waals surface area contributed by atoms with Gasteiger partial charge in [0.25, 0.3) is 5.91 Å². The number of amides is 1. The van der Waals surface area contributed by atoms with Crippen LogP contribution < -0.4 is 5.32 Å². The van der Waals surface area contributed by atoms with Gasteiger partial charge in [-0.3, -0.25) is 10.1 Å². The Kier molecular flexibility index (Phi) is 6.38. The first kappa shape index (κ1) is 22.5. The van der Waals surface area contributed by atoms with Crippen molar-refractivity contribution in [2.45, 2.75) is 18.7 Å². The van der Waals surface area contributed by atoms with E-state index in [0.29, 0.717) is 5.13 Å². The number of nitrogens with zero attached hydrogens (tertiary/aromatic N) is 2. The second-order valence-electron chi connectivity index (χ2n) is 7.47. The fourth-order valence-electron chi connectivity index (χ4n) is 3.40. The van der Waals surface area contributed by atoms with Crippen LogP contribution in [0.2, 0.25) is 0 Å². The SMILES string of the molecule is Cc1ccc(C)c(-c2csc(NC(=O)c3ccc(F)c(S(=O)(=O)N4CCOCC4)c3)n2)c1. The quantitative estimate of drug-likeness (QED) is 0.606. The zero-order chi connectivity index (χ0) is 22.9. The van der Waals surface area contributed by atoms with Crippen LogP contribution in [0.5, 0.6) is 0 Å². The molecule has 1 N–H and O–H groups in total. The fraction of sp³-hybridized carbons (Fsp3) is 0.273. The maximum absolute atomic E-state index is 14.4. The molecule has 1 fully saturated rings. The monoisotopic (exact) mass is 475 g/mol. The summed E-state index contributed by atoms with van der Waals surface area (Å²) in [4.78, 5) is 16.7. The predicted molar refractivity (Wildman–Crippen MR) is 121 cm³/mol. The van der Waals surface area contributed by atoms with Crippen molar-refractivity contribution in [2.75, 3.05) is 31.6 Å². The van der Waals surface area contributed by atoms with Crippen LogP contribution in [0.25, 0.3) is 11.3 Å². The Morgan fingerprint density at radius 3 is 2.66 bits per heavy atom. The summed E-state index contributed by atoms with van der Waals surface area (Å²) < 4.78 is 46.4. The number of anilines is 1. The molecule has 0 spiro atoms. The number of nitrogens with one attached hydrogen (secondary N) is 1. The number of benzene rings is 2. The Balaban J connectivity index is 1.56. The lowest BCUT2D eigenvalue weighted by molar-refractivity contribution is 0.0729. The van der Waals surface area contributed by atoms with Gasteiger partial charge in [-0.1, -0.05) is 17.7 Å². The summed E-state index contributed by atoms with van der Waals surface area (Å²) in [5.74, 6) is -1.47. The average molecular weight is 476 g/mol. The number of halogens is 1. The molecule has 1 aliphatic heterocycles. The van der Waals surface area contributed by atoms with Gasteiger partial charge in [0.2, 0.25) is 10.0 Å². The van der Waals surface area contributed by atoms with Crippen molar-refractivity contribution in [3.63, 3.8) is 0 Å². The van der Waals surface area contributed by atoms with Gasteiger partial charge in [0, 0.05) is 29.6 Å². The highest BCUT2D eigenvalue weighted by Crippen LogP contribution is 2.29. The van der Waals surface area contributed by atoms with Gasteiger partial charge in [0.1, 0.15) is 10.7 Å². The van der Waals surface area contributed by atoms with Crippen LogP contribution in [0.3, 0.4) is 0 Å². The van der Waals surface area contributed by atoms with Gasteiger partial charge in [-0.25, -0.2) is 17.8 Å². The third-order valence-corrected chi connectivity index (χ3v) is 7.85. The molecule has 7 nitrogen and oxygen atoms in total. The predicted octanol–water partition coefficient (Wildman–Crippen LogP) is 3.84. The number of sulfonamides is 1. The lowest BCUT2D eigenvalue weighted by atomic mass is 10.0. The second kappa shape index (κ2) is 9.07. The summed E-state index contributed by atoms with van der Waals surface area (Å²) in [6, 6.07) is 9.36. The molecular formula is C22H22FN3O4S2. The van der Waals surface area contributed by atoms with Crippen molar-refractivity contribution >= 4 is 32.4 Å². The number of carbonyl (C=O) groups excluding carboxylic acids is 1. The third-order valence-electron chi connectivity index (χ3n) is 5.17. The summed E-state index contributed by atoms with van der Waals surface area (Å²) in [7, 11) is -4.08. The lowest BCUT2D eigenvalue weighted by Gasteiger charge is -2.26. The van der Waals surface area contributed by atoms with Gasteiger partial charge < -0.3 is 4.74 Å². The third kappa shape index (κ3) is 4.58. The Morgan fingerprint density at radius 2 is 1.91 bits per heavy atom. The Labute approximate surface area is 189 Å². The summed E-state index contributed by atoms with van der Waals surface area (Å²) in [5.41, 5.74) is 3.91. The van der Waals surface area contributed by atoms with Gasteiger partial charge >= 0.3 is 0 Å². The molecule has 4 rings (SSSR count). The Bertz CT molecular complexity index is 1270. The molecular weight excluding hydrogens is 453 g/mol. The molecule has 0 atom stereocenters. The number of morpholine rings is 1. The van der Waals surface area contributed by atoms with Crippen molar-refractivity contribution in [3.8, 4) is 11.3 Å². The second-order valence-corrected chi connectivity index (χ2v) is 10.2. The molecule has 3 aromatic rings. The van der Waals surface area contributed by atoms with Crippen molar-refractivity contribution in [1.82, 2.24) is 9.29 Å². The first-order valence-corrected chi connectivity index (χ1v) is 12.3. The maximum Gasteiger partial charge on any atom is 0.257 e. The highest BCUT2D eigenvalue weighted by atomic mass is 32.2. The minimum Gasteiger partial charge on any atom is -0.379 e. The van der Waals surface area contributed by atoms with E-state index in [9.17, 15) is 17.6 Å². The molecule has 2 aromatic carbocycles. The van der Waals surface area contributed by atoms with Crippen LogP contribution in [0.1, 0.15) is 21.5 Å². The normalized spacial score (nSPS) is 15.0. The summed E-state index contributed by atoms with van der Waals surface area (Å²) in [6.45, 7) is 4.75. The zero-order valence-electron chi connectivity index (χ0n) is 17.6.